The zero-order chi connectivity index (χ0) is 21.0. The van der Waals surface area contributed by atoms with Gasteiger partial charge in [-0.2, -0.15) is 0 Å². The smallest absolute Gasteiger partial charge is 0.251 e. The Kier molecular flexibility index (Phi) is 6.60. The number of benzene rings is 1. The van der Waals surface area contributed by atoms with Gasteiger partial charge in [0.1, 0.15) is 5.75 Å². The number of aromatic nitrogens is 3. The fourth-order valence-corrected chi connectivity index (χ4v) is 3.51. The zero-order valence-corrected chi connectivity index (χ0v) is 17.7. The third kappa shape index (κ3) is 5.18. The van der Waals surface area contributed by atoms with E-state index in [1.165, 1.54) is 18.9 Å². The molecule has 2 heterocycles. The van der Waals surface area contributed by atoms with E-state index in [2.05, 4.69) is 20.8 Å². The Morgan fingerprint density at radius 3 is 2.72 bits per heavy atom. The molecule has 3 aromatic rings. The summed E-state index contributed by atoms with van der Waals surface area (Å²) >= 11 is 7.31. The van der Waals surface area contributed by atoms with Gasteiger partial charge in [-0.25, -0.2) is 0 Å². The first-order chi connectivity index (χ1) is 13.9. The highest BCUT2D eigenvalue weighted by Crippen LogP contribution is 2.27. The lowest BCUT2D eigenvalue weighted by Crippen LogP contribution is -2.30. The highest BCUT2D eigenvalue weighted by atomic mass is 35.5. The van der Waals surface area contributed by atoms with E-state index in [0.29, 0.717) is 32.8 Å². The molecule has 2 N–H and O–H groups in total. The van der Waals surface area contributed by atoms with Crippen molar-refractivity contribution >= 4 is 46.5 Å². The van der Waals surface area contributed by atoms with E-state index in [9.17, 15) is 9.59 Å². The second-order valence-corrected chi connectivity index (χ2v) is 7.79. The number of methoxy groups -OCH3 is 1. The number of ether oxygens (including phenoxy) is 1. The minimum absolute atomic E-state index is 0.0433. The number of hydrogen-bond donors (Lipinski definition) is 2. The topological polar surface area (TPSA) is 97.6 Å². The van der Waals surface area contributed by atoms with Crippen molar-refractivity contribution in [1.82, 2.24) is 19.9 Å². The summed E-state index contributed by atoms with van der Waals surface area (Å²) in [6.45, 7) is 3.79. The van der Waals surface area contributed by atoms with Crippen LogP contribution in [-0.2, 0) is 4.79 Å². The normalized spacial score (nSPS) is 10.9. The van der Waals surface area contributed by atoms with E-state index >= 15 is 0 Å². The Balaban J connectivity index is 1.63. The van der Waals surface area contributed by atoms with E-state index in [1.54, 1.807) is 40.9 Å². The molecule has 0 aliphatic rings. The molecule has 0 saturated carbocycles. The molecular formula is C19H20ClN5O3S. The maximum Gasteiger partial charge on any atom is 0.251 e. The van der Waals surface area contributed by atoms with Gasteiger partial charge in [-0.1, -0.05) is 23.4 Å². The number of carbonyl (C=O) groups excluding carboxylic acids is 2. The zero-order valence-electron chi connectivity index (χ0n) is 16.1. The number of hydrogen-bond acceptors (Lipinski definition) is 6. The molecule has 0 radical (unpaired) electrons. The maximum atomic E-state index is 12.2. The number of fused-ring (bicyclic) bond motifs is 1. The van der Waals surface area contributed by atoms with Gasteiger partial charge in [-0.05, 0) is 44.2 Å². The number of nitrogens with zero attached hydrogens (tertiary/aromatic N) is 3. The van der Waals surface area contributed by atoms with Gasteiger partial charge < -0.3 is 15.4 Å². The van der Waals surface area contributed by atoms with Gasteiger partial charge in [0, 0.05) is 23.5 Å². The van der Waals surface area contributed by atoms with Crippen LogP contribution in [0.25, 0.3) is 5.65 Å². The van der Waals surface area contributed by atoms with Crippen LogP contribution in [-0.4, -0.2) is 45.3 Å². The highest BCUT2D eigenvalue weighted by molar-refractivity contribution is 7.99. The summed E-state index contributed by atoms with van der Waals surface area (Å²) in [6.07, 6.45) is 1.72. The van der Waals surface area contributed by atoms with Gasteiger partial charge in [0.2, 0.25) is 5.91 Å². The fourth-order valence-electron chi connectivity index (χ4n) is 2.53. The molecule has 10 heteroatoms. The number of amides is 2. The molecule has 29 heavy (non-hydrogen) atoms. The summed E-state index contributed by atoms with van der Waals surface area (Å²) < 4.78 is 6.82. The van der Waals surface area contributed by atoms with Crippen LogP contribution < -0.4 is 15.4 Å². The van der Waals surface area contributed by atoms with E-state index in [-0.39, 0.29) is 23.6 Å². The SMILES string of the molecule is COc1ccc(NC(=O)CSc2nnc3cc(C(=O)NC(C)C)ccn23)cc1Cl. The summed E-state index contributed by atoms with van der Waals surface area (Å²) in [6, 6.07) is 8.42. The largest absolute Gasteiger partial charge is 0.495 e. The summed E-state index contributed by atoms with van der Waals surface area (Å²) in [5, 5.41) is 14.8. The van der Waals surface area contributed by atoms with Gasteiger partial charge in [0.25, 0.3) is 5.91 Å². The minimum Gasteiger partial charge on any atom is -0.495 e. The first-order valence-electron chi connectivity index (χ1n) is 8.79. The quantitative estimate of drug-likeness (QED) is 0.555. The van der Waals surface area contributed by atoms with Crippen molar-refractivity contribution in [3.05, 3.63) is 47.1 Å². The van der Waals surface area contributed by atoms with E-state index in [0.717, 1.165) is 0 Å². The van der Waals surface area contributed by atoms with Crippen molar-refractivity contribution in [1.29, 1.82) is 0 Å². The number of halogens is 1. The summed E-state index contributed by atoms with van der Waals surface area (Å²) in [5.74, 6) is 0.300. The number of rotatable bonds is 7. The second kappa shape index (κ2) is 9.15. The van der Waals surface area contributed by atoms with Crippen LogP contribution in [0.3, 0.4) is 0 Å². The number of carbonyl (C=O) groups is 2. The average Bonchev–Trinajstić information content (AvgIpc) is 3.08. The van der Waals surface area contributed by atoms with Crippen molar-refractivity contribution in [3.8, 4) is 5.75 Å². The van der Waals surface area contributed by atoms with Crippen LogP contribution in [0.2, 0.25) is 5.02 Å². The molecule has 0 aliphatic heterocycles. The molecule has 2 amide bonds. The predicted molar refractivity (Wildman–Crippen MR) is 113 cm³/mol. The lowest BCUT2D eigenvalue weighted by Gasteiger charge is -2.08. The van der Waals surface area contributed by atoms with E-state index < -0.39 is 0 Å². The molecule has 0 aliphatic carbocycles. The minimum atomic E-state index is -0.207. The van der Waals surface area contributed by atoms with Crippen molar-refractivity contribution in [3.63, 3.8) is 0 Å². The number of nitrogens with one attached hydrogen (secondary N) is 2. The summed E-state index contributed by atoms with van der Waals surface area (Å²) in [5.41, 5.74) is 1.61. The van der Waals surface area contributed by atoms with Crippen molar-refractivity contribution < 1.29 is 14.3 Å². The highest BCUT2D eigenvalue weighted by Gasteiger charge is 2.13. The Morgan fingerprint density at radius 1 is 1.24 bits per heavy atom. The molecule has 152 valence electrons. The molecule has 1 aromatic carbocycles. The monoisotopic (exact) mass is 433 g/mol. The standard InChI is InChI=1S/C19H20ClN5O3S/c1-11(2)21-18(27)12-6-7-25-16(8-12)23-24-19(25)29-10-17(26)22-13-4-5-15(28-3)14(20)9-13/h4-9,11H,10H2,1-3H3,(H,21,27)(H,22,26). The van der Waals surface area contributed by atoms with Crippen LogP contribution in [0.4, 0.5) is 5.69 Å². The van der Waals surface area contributed by atoms with Gasteiger partial charge in [-0.15, -0.1) is 10.2 Å². The first kappa shape index (κ1) is 20.9. The Hall–Kier alpha value is -2.78. The van der Waals surface area contributed by atoms with Crippen molar-refractivity contribution in [2.75, 3.05) is 18.2 Å². The van der Waals surface area contributed by atoms with Gasteiger partial charge in [0.15, 0.2) is 10.8 Å². The van der Waals surface area contributed by atoms with Crippen LogP contribution in [0, 0.1) is 0 Å². The maximum absolute atomic E-state index is 12.2. The van der Waals surface area contributed by atoms with Gasteiger partial charge in [-0.3, -0.25) is 14.0 Å². The van der Waals surface area contributed by atoms with Crippen LogP contribution in [0.5, 0.6) is 5.75 Å². The van der Waals surface area contributed by atoms with Gasteiger partial charge >= 0.3 is 0 Å². The molecule has 2 aromatic heterocycles. The summed E-state index contributed by atoms with van der Waals surface area (Å²) in [4.78, 5) is 24.4. The number of anilines is 1. The Morgan fingerprint density at radius 2 is 2.03 bits per heavy atom. The number of pyridine rings is 1. The predicted octanol–water partition coefficient (Wildman–Crippen LogP) is 3.26. The molecule has 0 bridgehead atoms. The van der Waals surface area contributed by atoms with E-state index in [1.807, 2.05) is 13.8 Å². The summed E-state index contributed by atoms with van der Waals surface area (Å²) in [7, 11) is 1.53. The van der Waals surface area contributed by atoms with Gasteiger partial charge in [0.05, 0.1) is 17.9 Å². The lowest BCUT2D eigenvalue weighted by atomic mass is 10.2. The molecule has 3 rings (SSSR count). The molecular weight excluding hydrogens is 414 g/mol. The van der Waals surface area contributed by atoms with Crippen LogP contribution in [0.1, 0.15) is 24.2 Å². The van der Waals surface area contributed by atoms with Crippen LogP contribution >= 0.6 is 23.4 Å². The lowest BCUT2D eigenvalue weighted by molar-refractivity contribution is -0.113. The average molecular weight is 434 g/mol. The molecule has 0 fully saturated rings. The van der Waals surface area contributed by atoms with E-state index in [4.69, 9.17) is 16.3 Å². The molecule has 0 atom stereocenters. The Labute approximate surface area is 177 Å². The molecule has 0 saturated heterocycles. The molecule has 0 spiro atoms. The molecule has 8 nitrogen and oxygen atoms in total. The van der Waals surface area contributed by atoms with Crippen molar-refractivity contribution in [2.45, 2.75) is 25.0 Å². The first-order valence-corrected chi connectivity index (χ1v) is 10.2. The van der Waals surface area contributed by atoms with Crippen molar-refractivity contribution in [2.24, 2.45) is 0 Å². The second-order valence-electron chi connectivity index (χ2n) is 6.44. The number of thioether (sulfide) groups is 1. The fraction of sp³-hybridized carbons (Fsp3) is 0.263. The van der Waals surface area contributed by atoms with Crippen LogP contribution in [0.15, 0.2) is 41.7 Å². The Bertz CT molecular complexity index is 1050. The third-order valence-corrected chi connectivity index (χ3v) is 5.07. The third-order valence-electron chi connectivity index (χ3n) is 3.83. The molecule has 0 unspecified atom stereocenters.